The second-order valence-electron chi connectivity index (χ2n) is 6.02. The molecule has 0 bridgehead atoms. The molecule has 3 atom stereocenters. The molecule has 2 aliphatic rings. The normalized spacial score (nSPS) is 29.4. The van der Waals surface area contributed by atoms with Crippen LogP contribution in [0.2, 0.25) is 0 Å². The number of hydrogen-bond acceptors (Lipinski definition) is 5. The Kier molecular flexibility index (Phi) is 4.77. The molecule has 0 radical (unpaired) electrons. The molecule has 0 spiro atoms. The molecular formula is C15H22N2O4S. The number of morpholine rings is 1. The standard InChI is InChI=1S/C15H22N2O4S/c1-22(18,19)17-6-7-21-15-9-12(8-14(15)17)10-20-11-13-4-2-3-5-16-13/h2-5,12,14-15H,6-11H2,1H3. The zero-order valence-corrected chi connectivity index (χ0v) is 13.5. The van der Waals surface area contributed by atoms with Gasteiger partial charge in [-0.2, -0.15) is 4.31 Å². The Labute approximate surface area is 131 Å². The minimum absolute atomic E-state index is 0.00641. The van der Waals surface area contributed by atoms with Gasteiger partial charge in [0.15, 0.2) is 0 Å². The summed E-state index contributed by atoms with van der Waals surface area (Å²) < 4.78 is 36.8. The molecule has 1 saturated heterocycles. The lowest BCUT2D eigenvalue weighted by Gasteiger charge is -2.35. The molecule has 22 heavy (non-hydrogen) atoms. The second-order valence-corrected chi connectivity index (χ2v) is 7.96. The number of sulfonamides is 1. The Morgan fingerprint density at radius 3 is 3.00 bits per heavy atom. The Hall–Kier alpha value is -1.02. The van der Waals surface area contributed by atoms with Crippen molar-refractivity contribution in [2.75, 3.05) is 26.0 Å². The van der Waals surface area contributed by atoms with Crippen LogP contribution in [-0.2, 0) is 26.1 Å². The van der Waals surface area contributed by atoms with Crippen molar-refractivity contribution in [3.8, 4) is 0 Å². The first-order valence-electron chi connectivity index (χ1n) is 7.60. The largest absolute Gasteiger partial charge is 0.375 e. The number of hydrogen-bond donors (Lipinski definition) is 0. The van der Waals surface area contributed by atoms with Gasteiger partial charge < -0.3 is 9.47 Å². The van der Waals surface area contributed by atoms with E-state index in [4.69, 9.17) is 9.47 Å². The molecule has 1 saturated carbocycles. The molecule has 0 amide bonds. The lowest BCUT2D eigenvalue weighted by molar-refractivity contribution is -0.0250. The third-order valence-electron chi connectivity index (χ3n) is 4.34. The molecule has 1 aromatic heterocycles. The van der Waals surface area contributed by atoms with Gasteiger partial charge in [-0.25, -0.2) is 8.42 Å². The molecular weight excluding hydrogens is 304 g/mol. The van der Waals surface area contributed by atoms with E-state index in [0.29, 0.717) is 32.3 Å². The highest BCUT2D eigenvalue weighted by molar-refractivity contribution is 7.88. The van der Waals surface area contributed by atoms with Gasteiger partial charge in [0.05, 0.1) is 43.9 Å². The van der Waals surface area contributed by atoms with Crippen molar-refractivity contribution in [2.45, 2.75) is 31.6 Å². The van der Waals surface area contributed by atoms with E-state index in [9.17, 15) is 8.42 Å². The topological polar surface area (TPSA) is 68.7 Å². The van der Waals surface area contributed by atoms with Crippen molar-refractivity contribution in [3.63, 3.8) is 0 Å². The first kappa shape index (κ1) is 15.9. The Balaban J connectivity index is 1.53. The van der Waals surface area contributed by atoms with Crippen LogP contribution in [0.1, 0.15) is 18.5 Å². The minimum atomic E-state index is -3.16. The molecule has 1 aromatic rings. The fourth-order valence-corrected chi connectivity index (χ4v) is 4.50. The van der Waals surface area contributed by atoms with Crippen LogP contribution in [0.25, 0.3) is 0 Å². The van der Waals surface area contributed by atoms with Crippen molar-refractivity contribution < 1.29 is 17.9 Å². The molecule has 3 rings (SSSR count). The van der Waals surface area contributed by atoms with Crippen LogP contribution in [0.5, 0.6) is 0 Å². The smallest absolute Gasteiger partial charge is 0.211 e. The maximum atomic E-state index is 11.9. The van der Waals surface area contributed by atoms with Crippen LogP contribution in [0.4, 0.5) is 0 Å². The maximum Gasteiger partial charge on any atom is 0.211 e. The van der Waals surface area contributed by atoms with Gasteiger partial charge in [-0.15, -0.1) is 0 Å². The molecule has 6 nitrogen and oxygen atoms in total. The zero-order chi connectivity index (χ0) is 15.6. The summed E-state index contributed by atoms with van der Waals surface area (Å²) in [5.41, 5.74) is 0.909. The van der Waals surface area contributed by atoms with Gasteiger partial charge in [0.2, 0.25) is 10.0 Å². The van der Waals surface area contributed by atoms with E-state index < -0.39 is 10.0 Å². The third-order valence-corrected chi connectivity index (χ3v) is 5.64. The third kappa shape index (κ3) is 3.65. The summed E-state index contributed by atoms with van der Waals surface area (Å²) in [5.74, 6) is 0.334. The highest BCUT2D eigenvalue weighted by Crippen LogP contribution is 2.35. The van der Waals surface area contributed by atoms with E-state index >= 15 is 0 Å². The Morgan fingerprint density at radius 2 is 2.27 bits per heavy atom. The number of ether oxygens (including phenoxy) is 2. The lowest BCUT2D eigenvalue weighted by Crippen LogP contribution is -2.50. The van der Waals surface area contributed by atoms with Gasteiger partial charge in [0.1, 0.15) is 0 Å². The van der Waals surface area contributed by atoms with E-state index in [0.717, 1.165) is 18.5 Å². The number of aromatic nitrogens is 1. The molecule has 1 aliphatic carbocycles. The fourth-order valence-electron chi connectivity index (χ4n) is 3.38. The van der Waals surface area contributed by atoms with Gasteiger partial charge in [-0.1, -0.05) is 6.07 Å². The summed E-state index contributed by atoms with van der Waals surface area (Å²) in [6.45, 7) is 2.05. The molecule has 2 heterocycles. The first-order valence-corrected chi connectivity index (χ1v) is 9.45. The summed E-state index contributed by atoms with van der Waals surface area (Å²) in [6.07, 6.45) is 4.70. The van der Waals surface area contributed by atoms with Gasteiger partial charge in [-0.3, -0.25) is 4.98 Å². The van der Waals surface area contributed by atoms with Crippen molar-refractivity contribution in [1.82, 2.24) is 9.29 Å². The van der Waals surface area contributed by atoms with Crippen molar-refractivity contribution >= 4 is 10.0 Å². The van der Waals surface area contributed by atoms with E-state index in [1.165, 1.54) is 6.26 Å². The molecule has 122 valence electrons. The van der Waals surface area contributed by atoms with Gasteiger partial charge >= 0.3 is 0 Å². The number of rotatable bonds is 5. The summed E-state index contributed by atoms with van der Waals surface area (Å²) in [4.78, 5) is 4.22. The zero-order valence-electron chi connectivity index (χ0n) is 12.7. The van der Waals surface area contributed by atoms with Crippen molar-refractivity contribution in [2.24, 2.45) is 5.92 Å². The van der Waals surface area contributed by atoms with Crippen LogP contribution in [0.3, 0.4) is 0 Å². The van der Waals surface area contributed by atoms with Crippen LogP contribution in [0.15, 0.2) is 24.4 Å². The summed E-state index contributed by atoms with van der Waals surface area (Å²) in [6, 6.07) is 5.71. The van der Waals surface area contributed by atoms with Crippen molar-refractivity contribution in [3.05, 3.63) is 30.1 Å². The summed E-state index contributed by atoms with van der Waals surface area (Å²) >= 11 is 0. The number of fused-ring (bicyclic) bond motifs is 1. The molecule has 3 unspecified atom stereocenters. The quantitative estimate of drug-likeness (QED) is 0.808. The molecule has 0 aromatic carbocycles. The average molecular weight is 326 g/mol. The molecule has 1 aliphatic heterocycles. The highest BCUT2D eigenvalue weighted by atomic mass is 32.2. The van der Waals surface area contributed by atoms with E-state index in [2.05, 4.69) is 4.98 Å². The number of nitrogens with zero attached hydrogens (tertiary/aromatic N) is 2. The predicted octanol–water partition coefficient (Wildman–Crippen LogP) is 1.04. The van der Waals surface area contributed by atoms with Crippen LogP contribution >= 0.6 is 0 Å². The average Bonchev–Trinajstić information content (AvgIpc) is 2.89. The fraction of sp³-hybridized carbons (Fsp3) is 0.667. The van der Waals surface area contributed by atoms with Gasteiger partial charge in [-0.05, 0) is 30.9 Å². The van der Waals surface area contributed by atoms with E-state index in [1.54, 1.807) is 10.5 Å². The summed E-state index contributed by atoms with van der Waals surface area (Å²) in [5, 5.41) is 0. The SMILES string of the molecule is CS(=O)(=O)N1CCOC2CC(COCc3ccccn3)CC21. The van der Waals surface area contributed by atoms with Crippen LogP contribution in [0, 0.1) is 5.92 Å². The van der Waals surface area contributed by atoms with Gasteiger partial charge in [0.25, 0.3) is 0 Å². The Bertz CT molecular complexity index is 593. The van der Waals surface area contributed by atoms with Crippen molar-refractivity contribution in [1.29, 1.82) is 0 Å². The van der Waals surface area contributed by atoms with Crippen LogP contribution in [-0.4, -0.2) is 55.9 Å². The summed E-state index contributed by atoms with van der Waals surface area (Å²) in [7, 11) is -3.16. The first-order chi connectivity index (χ1) is 10.5. The van der Waals surface area contributed by atoms with Gasteiger partial charge in [0, 0.05) is 12.7 Å². The second kappa shape index (κ2) is 6.62. The monoisotopic (exact) mass is 326 g/mol. The Morgan fingerprint density at radius 1 is 1.41 bits per heavy atom. The van der Waals surface area contributed by atoms with Crippen LogP contribution < -0.4 is 0 Å². The molecule has 7 heteroatoms. The van der Waals surface area contributed by atoms with E-state index in [-0.39, 0.29) is 12.1 Å². The molecule has 2 fully saturated rings. The molecule has 0 N–H and O–H groups in total. The highest BCUT2D eigenvalue weighted by Gasteiger charge is 2.44. The number of pyridine rings is 1. The maximum absolute atomic E-state index is 11.9. The predicted molar refractivity (Wildman–Crippen MR) is 81.7 cm³/mol. The minimum Gasteiger partial charge on any atom is -0.375 e. The van der Waals surface area contributed by atoms with E-state index in [1.807, 2.05) is 18.2 Å². The lowest BCUT2D eigenvalue weighted by atomic mass is 10.1.